The van der Waals surface area contributed by atoms with E-state index < -0.39 is 0 Å². The van der Waals surface area contributed by atoms with Crippen molar-refractivity contribution in [2.75, 3.05) is 11.1 Å². The van der Waals surface area contributed by atoms with Crippen LogP contribution in [-0.2, 0) is 18.4 Å². The average Bonchev–Trinajstić information content (AvgIpc) is 3.29. The Morgan fingerprint density at radius 2 is 2.03 bits per heavy atom. The zero-order valence-electron chi connectivity index (χ0n) is 16.0. The van der Waals surface area contributed by atoms with Crippen LogP contribution in [-0.4, -0.2) is 31.4 Å². The standard InChI is InChI=1S/C20H19N5O2S2/c1-13-11-28-19(21-13)22-18(26)12-29-20-24-23-17(25(20)2)10-27-16-9-5-7-14-6-3-4-8-15(14)16/h3-9,11H,10,12H2,1-2H3,(H,21,22,26). The van der Waals surface area contributed by atoms with Crippen molar-refractivity contribution in [1.29, 1.82) is 0 Å². The van der Waals surface area contributed by atoms with Crippen molar-refractivity contribution in [1.82, 2.24) is 19.7 Å². The van der Waals surface area contributed by atoms with E-state index in [0.29, 0.717) is 22.7 Å². The maximum Gasteiger partial charge on any atom is 0.236 e. The number of amides is 1. The summed E-state index contributed by atoms with van der Waals surface area (Å²) >= 11 is 2.73. The van der Waals surface area contributed by atoms with E-state index in [0.717, 1.165) is 22.2 Å². The molecule has 0 fully saturated rings. The van der Waals surface area contributed by atoms with E-state index in [-0.39, 0.29) is 11.7 Å². The van der Waals surface area contributed by atoms with Crippen molar-refractivity contribution in [3.8, 4) is 5.75 Å². The van der Waals surface area contributed by atoms with Crippen LogP contribution in [0.1, 0.15) is 11.5 Å². The van der Waals surface area contributed by atoms with Gasteiger partial charge < -0.3 is 14.6 Å². The van der Waals surface area contributed by atoms with Gasteiger partial charge in [0.25, 0.3) is 0 Å². The summed E-state index contributed by atoms with van der Waals surface area (Å²) in [5.74, 6) is 1.60. The normalized spacial score (nSPS) is 11.0. The topological polar surface area (TPSA) is 81.9 Å². The first-order valence-corrected chi connectivity index (χ1v) is 10.8. The first-order valence-electron chi connectivity index (χ1n) is 8.94. The van der Waals surface area contributed by atoms with E-state index in [1.165, 1.54) is 23.1 Å². The fourth-order valence-electron chi connectivity index (χ4n) is 2.76. The summed E-state index contributed by atoms with van der Waals surface area (Å²) in [7, 11) is 1.87. The van der Waals surface area contributed by atoms with Crippen LogP contribution in [0.15, 0.2) is 53.0 Å². The predicted molar refractivity (Wildman–Crippen MR) is 115 cm³/mol. The molecule has 0 saturated heterocycles. The van der Waals surface area contributed by atoms with Gasteiger partial charge >= 0.3 is 0 Å². The molecule has 4 aromatic rings. The number of aryl methyl sites for hydroxylation is 1. The van der Waals surface area contributed by atoms with E-state index in [2.05, 4.69) is 32.6 Å². The van der Waals surface area contributed by atoms with Crippen molar-refractivity contribution in [3.63, 3.8) is 0 Å². The predicted octanol–water partition coefficient (Wildman–Crippen LogP) is 4.04. The summed E-state index contributed by atoms with van der Waals surface area (Å²) in [5, 5.41) is 16.5. The fraction of sp³-hybridized carbons (Fsp3) is 0.200. The van der Waals surface area contributed by atoms with E-state index in [9.17, 15) is 4.79 Å². The average molecular weight is 426 g/mol. The van der Waals surface area contributed by atoms with Crippen LogP contribution in [0.4, 0.5) is 5.13 Å². The Morgan fingerprint density at radius 1 is 1.21 bits per heavy atom. The number of hydrogen-bond donors (Lipinski definition) is 1. The highest BCUT2D eigenvalue weighted by atomic mass is 32.2. The lowest BCUT2D eigenvalue weighted by Crippen LogP contribution is -2.14. The SMILES string of the molecule is Cc1csc(NC(=O)CSc2nnc(COc3cccc4ccccc34)n2C)n1. The van der Waals surface area contributed by atoms with Gasteiger partial charge in [0.2, 0.25) is 5.91 Å². The lowest BCUT2D eigenvalue weighted by Gasteiger charge is -2.09. The number of anilines is 1. The quantitative estimate of drug-likeness (QED) is 0.450. The molecule has 148 valence electrons. The number of ether oxygens (including phenoxy) is 1. The molecule has 0 aliphatic rings. The maximum absolute atomic E-state index is 12.1. The third-order valence-corrected chi connectivity index (χ3v) is 6.13. The number of thioether (sulfide) groups is 1. The van der Waals surface area contributed by atoms with Crippen molar-refractivity contribution in [2.45, 2.75) is 18.7 Å². The van der Waals surface area contributed by atoms with Crippen LogP contribution in [0.2, 0.25) is 0 Å². The van der Waals surface area contributed by atoms with Gasteiger partial charge in [-0.1, -0.05) is 48.2 Å². The highest BCUT2D eigenvalue weighted by Gasteiger charge is 2.13. The number of aromatic nitrogens is 4. The van der Waals surface area contributed by atoms with Gasteiger partial charge in [-0.25, -0.2) is 4.98 Å². The van der Waals surface area contributed by atoms with E-state index >= 15 is 0 Å². The second-order valence-electron chi connectivity index (χ2n) is 6.35. The summed E-state index contributed by atoms with van der Waals surface area (Å²) in [4.78, 5) is 16.3. The molecule has 0 atom stereocenters. The second kappa shape index (κ2) is 8.62. The van der Waals surface area contributed by atoms with E-state index in [4.69, 9.17) is 4.74 Å². The number of hydrogen-bond acceptors (Lipinski definition) is 7. The molecule has 0 bridgehead atoms. The number of nitrogens with one attached hydrogen (secondary N) is 1. The molecule has 2 aromatic heterocycles. The molecule has 9 heteroatoms. The monoisotopic (exact) mass is 425 g/mol. The third-order valence-electron chi connectivity index (χ3n) is 4.23. The van der Waals surface area contributed by atoms with Crippen LogP contribution in [0.3, 0.4) is 0 Å². The number of nitrogens with zero attached hydrogens (tertiary/aromatic N) is 4. The molecule has 1 amide bonds. The Bertz CT molecular complexity index is 1150. The second-order valence-corrected chi connectivity index (χ2v) is 8.16. The van der Waals surface area contributed by atoms with Gasteiger partial charge in [-0.2, -0.15) is 0 Å². The van der Waals surface area contributed by atoms with Crippen molar-refractivity contribution in [2.24, 2.45) is 7.05 Å². The number of rotatable bonds is 7. The molecule has 0 spiro atoms. The van der Waals surface area contributed by atoms with Crippen molar-refractivity contribution in [3.05, 3.63) is 59.4 Å². The third kappa shape index (κ3) is 4.57. The smallest absolute Gasteiger partial charge is 0.236 e. The highest BCUT2D eigenvalue weighted by Crippen LogP contribution is 2.26. The Hall–Kier alpha value is -2.91. The summed E-state index contributed by atoms with van der Waals surface area (Å²) < 4.78 is 7.83. The lowest BCUT2D eigenvalue weighted by atomic mass is 10.1. The fourth-order valence-corrected chi connectivity index (χ4v) is 4.19. The molecule has 0 saturated carbocycles. The van der Waals surface area contributed by atoms with Crippen LogP contribution in [0, 0.1) is 6.92 Å². The lowest BCUT2D eigenvalue weighted by molar-refractivity contribution is -0.113. The Kier molecular flexibility index (Phi) is 5.77. The van der Waals surface area contributed by atoms with Crippen molar-refractivity contribution < 1.29 is 9.53 Å². The Balaban J connectivity index is 1.36. The number of carbonyl (C=O) groups excluding carboxylic acids is 1. The highest BCUT2D eigenvalue weighted by molar-refractivity contribution is 7.99. The number of fused-ring (bicyclic) bond motifs is 1. The molecule has 7 nitrogen and oxygen atoms in total. The van der Waals surface area contributed by atoms with Gasteiger partial charge in [-0.3, -0.25) is 4.79 Å². The van der Waals surface area contributed by atoms with Crippen LogP contribution >= 0.6 is 23.1 Å². The van der Waals surface area contributed by atoms with Gasteiger partial charge in [-0.05, 0) is 18.4 Å². The molecule has 1 N–H and O–H groups in total. The maximum atomic E-state index is 12.1. The van der Waals surface area contributed by atoms with Crippen LogP contribution in [0.5, 0.6) is 5.75 Å². The van der Waals surface area contributed by atoms with Crippen LogP contribution in [0.25, 0.3) is 10.8 Å². The minimum Gasteiger partial charge on any atom is -0.485 e. The summed E-state index contributed by atoms with van der Waals surface area (Å²) in [6.07, 6.45) is 0. The number of carbonyl (C=O) groups is 1. The molecule has 0 aliphatic carbocycles. The van der Waals surface area contributed by atoms with Crippen molar-refractivity contribution >= 4 is 44.9 Å². The number of thiazole rings is 1. The van der Waals surface area contributed by atoms with Gasteiger partial charge in [0.1, 0.15) is 12.4 Å². The molecule has 2 aromatic carbocycles. The van der Waals surface area contributed by atoms with Gasteiger partial charge in [0.15, 0.2) is 16.1 Å². The van der Waals surface area contributed by atoms with Gasteiger partial charge in [-0.15, -0.1) is 21.5 Å². The van der Waals surface area contributed by atoms with Gasteiger partial charge in [0.05, 0.1) is 11.4 Å². The van der Waals surface area contributed by atoms with E-state index in [1.807, 2.05) is 54.3 Å². The number of benzene rings is 2. The molecule has 4 rings (SSSR count). The summed E-state index contributed by atoms with van der Waals surface area (Å²) in [6, 6.07) is 14.0. The minimum absolute atomic E-state index is 0.124. The van der Waals surface area contributed by atoms with E-state index in [1.54, 1.807) is 0 Å². The molecule has 2 heterocycles. The molecule has 0 aliphatic heterocycles. The van der Waals surface area contributed by atoms with Gasteiger partial charge in [0, 0.05) is 17.8 Å². The Labute approximate surface area is 176 Å². The molecular formula is C20H19N5O2S2. The minimum atomic E-state index is -0.124. The molecule has 29 heavy (non-hydrogen) atoms. The molecule has 0 unspecified atom stereocenters. The summed E-state index contributed by atoms with van der Waals surface area (Å²) in [6.45, 7) is 2.19. The first kappa shape index (κ1) is 19.4. The largest absolute Gasteiger partial charge is 0.485 e. The molecule has 0 radical (unpaired) electrons. The zero-order chi connectivity index (χ0) is 20.2. The first-order chi connectivity index (χ1) is 14.1. The van der Waals surface area contributed by atoms with Crippen LogP contribution < -0.4 is 10.1 Å². The Morgan fingerprint density at radius 3 is 2.86 bits per heavy atom. The molecular weight excluding hydrogens is 406 g/mol. The zero-order valence-corrected chi connectivity index (χ0v) is 17.6. The summed E-state index contributed by atoms with van der Waals surface area (Å²) in [5.41, 5.74) is 0.891.